The van der Waals surface area contributed by atoms with Gasteiger partial charge in [0.15, 0.2) is 0 Å². The van der Waals surface area contributed by atoms with Crippen molar-refractivity contribution in [2.45, 2.75) is 25.8 Å². The zero-order chi connectivity index (χ0) is 19.8. The van der Waals surface area contributed by atoms with Crippen molar-refractivity contribution in [1.82, 2.24) is 19.8 Å². The predicted molar refractivity (Wildman–Crippen MR) is 113 cm³/mol. The molecule has 0 atom stereocenters. The quantitative estimate of drug-likeness (QED) is 0.797. The Morgan fingerprint density at radius 2 is 1.93 bits per heavy atom. The van der Waals surface area contributed by atoms with Gasteiger partial charge in [-0.15, -0.1) is 0 Å². The number of urea groups is 1. The Kier molecular flexibility index (Phi) is 7.19. The average Bonchev–Trinajstić information content (AvgIpc) is 2.73. The van der Waals surface area contributed by atoms with Crippen LogP contribution in [0.1, 0.15) is 24.8 Å². The zero-order valence-electron chi connectivity index (χ0n) is 16.8. The highest BCUT2D eigenvalue weighted by Gasteiger charge is 2.16. The number of hydrogen-bond donors (Lipinski definition) is 1. The molecule has 2 amide bonds. The molecule has 1 aliphatic heterocycles. The van der Waals surface area contributed by atoms with E-state index >= 15 is 0 Å². The van der Waals surface area contributed by atoms with Crippen LogP contribution in [-0.2, 0) is 6.54 Å². The molecular weight excluding hydrogens is 352 g/mol. The van der Waals surface area contributed by atoms with Gasteiger partial charge in [-0.2, -0.15) is 0 Å². The van der Waals surface area contributed by atoms with Crippen molar-refractivity contribution in [2.75, 3.05) is 50.5 Å². The smallest absolute Gasteiger partial charge is 0.322 e. The second-order valence-electron chi connectivity index (χ2n) is 7.47. The predicted octanol–water partition coefficient (Wildman–Crippen LogP) is 3.06. The summed E-state index contributed by atoms with van der Waals surface area (Å²) in [6.07, 6.45) is 9.01. The minimum atomic E-state index is -0.127. The van der Waals surface area contributed by atoms with Gasteiger partial charge in [-0.25, -0.2) is 9.78 Å². The average molecular weight is 383 g/mol. The van der Waals surface area contributed by atoms with Crippen molar-refractivity contribution in [3.05, 3.63) is 48.4 Å². The van der Waals surface area contributed by atoms with Crippen molar-refractivity contribution >= 4 is 17.5 Å². The molecule has 150 valence electrons. The lowest BCUT2D eigenvalue weighted by atomic mass is 10.1. The van der Waals surface area contributed by atoms with Crippen LogP contribution >= 0.6 is 0 Å². The summed E-state index contributed by atoms with van der Waals surface area (Å²) in [4.78, 5) is 27.7. The lowest BCUT2D eigenvalue weighted by Crippen LogP contribution is -2.39. The van der Waals surface area contributed by atoms with E-state index in [1.54, 1.807) is 23.5 Å². The first kappa shape index (κ1) is 20.1. The lowest BCUT2D eigenvalue weighted by molar-refractivity contribution is 0.202. The number of pyridine rings is 2. The van der Waals surface area contributed by atoms with Crippen molar-refractivity contribution in [2.24, 2.45) is 0 Å². The molecule has 0 radical (unpaired) electrons. The summed E-state index contributed by atoms with van der Waals surface area (Å²) in [6, 6.07) is 7.67. The third-order valence-corrected chi connectivity index (χ3v) is 4.88. The van der Waals surface area contributed by atoms with Crippen LogP contribution in [0, 0.1) is 0 Å². The number of anilines is 2. The maximum Gasteiger partial charge on any atom is 0.322 e. The van der Waals surface area contributed by atoms with Crippen LogP contribution in [0.5, 0.6) is 0 Å². The topological polar surface area (TPSA) is 64.6 Å². The fourth-order valence-corrected chi connectivity index (χ4v) is 3.26. The number of rotatable bonds is 7. The summed E-state index contributed by atoms with van der Waals surface area (Å²) in [5.41, 5.74) is 1.72. The number of piperidine rings is 1. The van der Waals surface area contributed by atoms with E-state index in [-0.39, 0.29) is 6.03 Å². The van der Waals surface area contributed by atoms with Crippen LogP contribution in [0.15, 0.2) is 42.9 Å². The number of likely N-dealkylation sites (N-methyl/N-ethyl adjacent to an activating group) is 1. The number of hydrogen-bond acceptors (Lipinski definition) is 5. The van der Waals surface area contributed by atoms with Crippen LogP contribution in [-0.4, -0.2) is 66.1 Å². The molecule has 0 bridgehead atoms. The first-order valence-electron chi connectivity index (χ1n) is 9.92. The molecule has 0 unspecified atom stereocenters. The van der Waals surface area contributed by atoms with Gasteiger partial charge >= 0.3 is 6.03 Å². The summed E-state index contributed by atoms with van der Waals surface area (Å²) in [5, 5.41) is 2.98. The number of nitrogens with one attached hydrogen (secondary N) is 1. The first-order valence-corrected chi connectivity index (χ1v) is 9.92. The molecule has 2 aromatic rings. The summed E-state index contributed by atoms with van der Waals surface area (Å²) in [5.74, 6) is 0.984. The molecule has 7 heteroatoms. The van der Waals surface area contributed by atoms with Gasteiger partial charge in [0.05, 0.1) is 11.9 Å². The SMILES string of the molecule is CN(C)CCN(Cc1cccnc1)C(=O)Nc1ccc(N2CCCCC2)nc1. The molecule has 1 N–H and O–H groups in total. The van der Waals surface area contributed by atoms with Crippen LogP contribution < -0.4 is 10.2 Å². The molecule has 0 spiro atoms. The van der Waals surface area contributed by atoms with Crippen molar-refractivity contribution in [1.29, 1.82) is 0 Å². The molecule has 28 heavy (non-hydrogen) atoms. The third kappa shape index (κ3) is 5.92. The van der Waals surface area contributed by atoms with E-state index in [2.05, 4.69) is 25.1 Å². The van der Waals surface area contributed by atoms with E-state index in [4.69, 9.17) is 0 Å². The normalized spacial score (nSPS) is 14.2. The molecule has 3 rings (SSSR count). The summed E-state index contributed by atoms with van der Waals surface area (Å²) in [6.45, 7) is 4.06. The highest BCUT2D eigenvalue weighted by Crippen LogP contribution is 2.19. The standard InChI is InChI=1S/C21H30N6O/c1-25(2)13-14-27(17-18-7-6-10-22-15-18)21(28)24-19-8-9-20(23-16-19)26-11-4-3-5-12-26/h6-10,15-16H,3-5,11-14,17H2,1-2H3,(H,24,28). The molecule has 0 aliphatic carbocycles. The maximum absolute atomic E-state index is 12.9. The molecule has 0 aromatic carbocycles. The van der Waals surface area contributed by atoms with Gasteiger partial charge in [0.25, 0.3) is 0 Å². The van der Waals surface area contributed by atoms with Crippen molar-refractivity contribution in [3.63, 3.8) is 0 Å². The summed E-state index contributed by atoms with van der Waals surface area (Å²) >= 11 is 0. The number of amides is 2. The largest absolute Gasteiger partial charge is 0.357 e. The maximum atomic E-state index is 12.9. The minimum Gasteiger partial charge on any atom is -0.357 e. The molecule has 3 heterocycles. The summed E-state index contributed by atoms with van der Waals surface area (Å²) < 4.78 is 0. The second-order valence-corrected chi connectivity index (χ2v) is 7.47. The van der Waals surface area contributed by atoms with Crippen LogP contribution in [0.2, 0.25) is 0 Å². The van der Waals surface area contributed by atoms with Crippen molar-refractivity contribution < 1.29 is 4.79 Å². The Labute approximate surface area is 167 Å². The van der Waals surface area contributed by atoms with E-state index in [1.165, 1.54) is 19.3 Å². The van der Waals surface area contributed by atoms with Crippen LogP contribution in [0.25, 0.3) is 0 Å². The van der Waals surface area contributed by atoms with Crippen LogP contribution in [0.4, 0.5) is 16.3 Å². The van der Waals surface area contributed by atoms with Crippen LogP contribution in [0.3, 0.4) is 0 Å². The molecular formula is C21H30N6O. The fraction of sp³-hybridized carbons (Fsp3) is 0.476. The molecule has 1 saturated heterocycles. The Hall–Kier alpha value is -2.67. The lowest BCUT2D eigenvalue weighted by Gasteiger charge is -2.28. The molecule has 1 aliphatic rings. The number of carbonyl (C=O) groups is 1. The highest BCUT2D eigenvalue weighted by atomic mass is 16.2. The Bertz CT molecular complexity index is 728. The molecule has 2 aromatic heterocycles. The third-order valence-electron chi connectivity index (χ3n) is 4.88. The van der Waals surface area contributed by atoms with Gasteiger partial charge in [0.2, 0.25) is 0 Å². The Balaban J connectivity index is 1.63. The Morgan fingerprint density at radius 1 is 1.11 bits per heavy atom. The minimum absolute atomic E-state index is 0.127. The van der Waals surface area contributed by atoms with E-state index in [0.29, 0.717) is 18.8 Å². The first-order chi connectivity index (χ1) is 13.6. The fourth-order valence-electron chi connectivity index (χ4n) is 3.26. The zero-order valence-corrected chi connectivity index (χ0v) is 16.8. The van der Waals surface area contributed by atoms with E-state index in [9.17, 15) is 4.79 Å². The van der Waals surface area contributed by atoms with Gasteiger partial charge in [0, 0.05) is 45.1 Å². The van der Waals surface area contributed by atoms with E-state index in [0.717, 1.165) is 31.0 Å². The van der Waals surface area contributed by atoms with Gasteiger partial charge in [0.1, 0.15) is 5.82 Å². The molecule has 1 fully saturated rings. The number of carbonyl (C=O) groups excluding carboxylic acids is 1. The van der Waals surface area contributed by atoms with Gasteiger partial charge in [-0.1, -0.05) is 6.07 Å². The van der Waals surface area contributed by atoms with Gasteiger partial charge in [-0.3, -0.25) is 4.98 Å². The Morgan fingerprint density at radius 3 is 2.57 bits per heavy atom. The monoisotopic (exact) mass is 382 g/mol. The van der Waals surface area contributed by atoms with E-state index < -0.39 is 0 Å². The second kappa shape index (κ2) is 10.0. The molecule has 7 nitrogen and oxygen atoms in total. The highest BCUT2D eigenvalue weighted by molar-refractivity contribution is 5.89. The van der Waals surface area contributed by atoms with Crippen molar-refractivity contribution in [3.8, 4) is 0 Å². The van der Waals surface area contributed by atoms with Gasteiger partial charge in [-0.05, 0) is 57.1 Å². The molecule has 0 saturated carbocycles. The number of nitrogens with zero attached hydrogens (tertiary/aromatic N) is 5. The number of aromatic nitrogens is 2. The van der Waals surface area contributed by atoms with E-state index in [1.807, 2.05) is 38.4 Å². The summed E-state index contributed by atoms with van der Waals surface area (Å²) in [7, 11) is 4.01. The van der Waals surface area contributed by atoms with Gasteiger partial charge < -0.3 is 20.0 Å².